The third kappa shape index (κ3) is 5.26. The van der Waals surface area contributed by atoms with Gasteiger partial charge in [-0.05, 0) is 30.7 Å². The normalized spacial score (nSPS) is 14.7. The van der Waals surface area contributed by atoms with Gasteiger partial charge in [0.1, 0.15) is 0 Å². The lowest BCUT2D eigenvalue weighted by atomic mass is 9.89. The molecule has 0 atom stereocenters. The molecular formula is C21H24N2O3S. The number of nitrogens with zero attached hydrogens (tertiary/aromatic N) is 1. The van der Waals surface area contributed by atoms with Gasteiger partial charge in [0, 0.05) is 48.5 Å². The first-order valence-corrected chi connectivity index (χ1v) is 10.3. The van der Waals surface area contributed by atoms with Crippen molar-refractivity contribution < 1.29 is 14.4 Å². The van der Waals surface area contributed by atoms with Crippen molar-refractivity contribution in [2.75, 3.05) is 19.6 Å². The van der Waals surface area contributed by atoms with Crippen LogP contribution in [0.15, 0.2) is 47.2 Å². The molecule has 0 bridgehead atoms. The number of thiophene rings is 1. The van der Waals surface area contributed by atoms with Crippen molar-refractivity contribution in [3.05, 3.63) is 58.3 Å². The topological polar surface area (TPSA) is 66.5 Å². The molecule has 0 radical (unpaired) electrons. The summed E-state index contributed by atoms with van der Waals surface area (Å²) in [5.74, 6) is 0.189. The van der Waals surface area contributed by atoms with Crippen LogP contribution in [0.3, 0.4) is 0 Å². The summed E-state index contributed by atoms with van der Waals surface area (Å²) >= 11 is 1.49. The summed E-state index contributed by atoms with van der Waals surface area (Å²) in [6.45, 7) is 1.75. The number of piperidine rings is 1. The minimum atomic E-state index is -0.0936. The number of carbonyl (C=O) groups excluding carboxylic acids is 3. The Balaban J connectivity index is 1.36. The number of hydrogen-bond donors (Lipinski definition) is 1. The molecule has 142 valence electrons. The van der Waals surface area contributed by atoms with E-state index in [0.717, 1.165) is 5.56 Å². The van der Waals surface area contributed by atoms with Gasteiger partial charge in [-0.1, -0.05) is 30.3 Å². The zero-order valence-electron chi connectivity index (χ0n) is 15.2. The second kappa shape index (κ2) is 9.46. The number of benzene rings is 1. The molecule has 6 heteroatoms. The SMILES string of the molecule is O=C(NCCCC(=O)N1CCC(C(=O)c2ccccc2)CC1)c1ccsc1. The minimum absolute atomic E-state index is 0.00125. The van der Waals surface area contributed by atoms with Crippen molar-refractivity contribution in [1.82, 2.24) is 10.2 Å². The highest BCUT2D eigenvalue weighted by Gasteiger charge is 2.27. The number of hydrogen-bond acceptors (Lipinski definition) is 4. The van der Waals surface area contributed by atoms with Crippen LogP contribution in [-0.2, 0) is 4.79 Å². The van der Waals surface area contributed by atoms with E-state index < -0.39 is 0 Å². The largest absolute Gasteiger partial charge is 0.352 e. The van der Waals surface area contributed by atoms with Gasteiger partial charge in [-0.25, -0.2) is 0 Å². The molecule has 1 saturated heterocycles. The number of ketones is 1. The Morgan fingerprint density at radius 2 is 1.78 bits per heavy atom. The number of carbonyl (C=O) groups is 3. The standard InChI is InChI=1S/C21H24N2O3S/c24-19(7-4-11-22-21(26)18-10-14-27-15-18)23-12-8-17(9-13-23)20(25)16-5-2-1-3-6-16/h1-3,5-6,10,14-15,17H,4,7-9,11-13H2,(H,22,26). The van der Waals surface area contributed by atoms with Gasteiger partial charge in [0.2, 0.25) is 5.91 Å². The van der Waals surface area contributed by atoms with Crippen LogP contribution in [0.25, 0.3) is 0 Å². The summed E-state index contributed by atoms with van der Waals surface area (Å²) in [6, 6.07) is 11.1. The molecule has 2 heterocycles. The summed E-state index contributed by atoms with van der Waals surface area (Å²) in [5.41, 5.74) is 1.42. The van der Waals surface area contributed by atoms with E-state index in [-0.39, 0.29) is 23.5 Å². The van der Waals surface area contributed by atoms with Crippen LogP contribution < -0.4 is 5.32 Å². The number of rotatable bonds is 7. The van der Waals surface area contributed by atoms with Crippen LogP contribution in [0.4, 0.5) is 0 Å². The lowest BCUT2D eigenvalue weighted by Gasteiger charge is -2.31. The smallest absolute Gasteiger partial charge is 0.252 e. The van der Waals surface area contributed by atoms with Crippen LogP contribution in [0.5, 0.6) is 0 Å². The molecule has 1 aromatic heterocycles. The first kappa shape index (κ1) is 19.3. The fourth-order valence-corrected chi connectivity index (χ4v) is 3.96. The molecule has 1 aliphatic rings. The Morgan fingerprint density at radius 1 is 1.04 bits per heavy atom. The summed E-state index contributed by atoms with van der Waals surface area (Å²) in [5, 5.41) is 6.51. The van der Waals surface area contributed by atoms with Gasteiger partial charge in [0.05, 0.1) is 0 Å². The number of Topliss-reactive ketones (excluding diaryl/α,β-unsaturated/α-hetero) is 1. The first-order chi connectivity index (χ1) is 13.1. The van der Waals surface area contributed by atoms with Crippen molar-refractivity contribution in [3.63, 3.8) is 0 Å². The van der Waals surface area contributed by atoms with Crippen molar-refractivity contribution in [2.24, 2.45) is 5.92 Å². The average molecular weight is 385 g/mol. The average Bonchev–Trinajstić information content (AvgIpc) is 3.26. The second-order valence-electron chi connectivity index (χ2n) is 6.76. The van der Waals surface area contributed by atoms with Gasteiger partial charge in [-0.3, -0.25) is 14.4 Å². The zero-order valence-corrected chi connectivity index (χ0v) is 16.0. The summed E-state index contributed by atoms with van der Waals surface area (Å²) in [6.07, 6.45) is 2.47. The molecule has 1 aromatic carbocycles. The van der Waals surface area contributed by atoms with Gasteiger partial charge >= 0.3 is 0 Å². The molecule has 5 nitrogen and oxygen atoms in total. The molecule has 0 saturated carbocycles. The van der Waals surface area contributed by atoms with Crippen molar-refractivity contribution >= 4 is 28.9 Å². The highest BCUT2D eigenvalue weighted by molar-refractivity contribution is 7.08. The maximum Gasteiger partial charge on any atom is 0.252 e. The predicted molar refractivity (Wildman–Crippen MR) is 106 cm³/mol. The van der Waals surface area contributed by atoms with Crippen LogP contribution in [0.2, 0.25) is 0 Å². The Kier molecular flexibility index (Phi) is 6.76. The van der Waals surface area contributed by atoms with Gasteiger partial charge in [0.15, 0.2) is 5.78 Å². The molecule has 3 rings (SSSR count). The third-order valence-electron chi connectivity index (χ3n) is 4.91. The van der Waals surface area contributed by atoms with Crippen molar-refractivity contribution in [2.45, 2.75) is 25.7 Å². The van der Waals surface area contributed by atoms with Crippen LogP contribution in [-0.4, -0.2) is 42.1 Å². The van der Waals surface area contributed by atoms with Gasteiger partial charge in [0.25, 0.3) is 5.91 Å². The van der Waals surface area contributed by atoms with Crippen LogP contribution in [0, 0.1) is 5.92 Å². The highest BCUT2D eigenvalue weighted by atomic mass is 32.1. The van der Waals surface area contributed by atoms with Crippen molar-refractivity contribution in [3.8, 4) is 0 Å². The van der Waals surface area contributed by atoms with E-state index in [1.54, 1.807) is 11.4 Å². The number of amides is 2. The quantitative estimate of drug-likeness (QED) is 0.588. The molecule has 0 spiro atoms. The number of likely N-dealkylation sites (tertiary alicyclic amines) is 1. The predicted octanol–water partition coefficient (Wildman–Crippen LogP) is 3.38. The minimum Gasteiger partial charge on any atom is -0.352 e. The van der Waals surface area contributed by atoms with Gasteiger partial charge in [-0.2, -0.15) is 11.3 Å². The zero-order chi connectivity index (χ0) is 19.1. The molecule has 1 aliphatic heterocycles. The first-order valence-electron chi connectivity index (χ1n) is 9.32. The molecular weight excluding hydrogens is 360 g/mol. The summed E-state index contributed by atoms with van der Waals surface area (Å²) in [4.78, 5) is 38.5. The third-order valence-corrected chi connectivity index (χ3v) is 5.60. The van der Waals surface area contributed by atoms with E-state index in [9.17, 15) is 14.4 Å². The fourth-order valence-electron chi connectivity index (χ4n) is 3.32. The lowest BCUT2D eigenvalue weighted by Crippen LogP contribution is -2.40. The summed E-state index contributed by atoms with van der Waals surface area (Å²) in [7, 11) is 0. The molecule has 0 aliphatic carbocycles. The maximum absolute atomic E-state index is 12.5. The van der Waals surface area contributed by atoms with E-state index in [2.05, 4.69) is 5.32 Å². The molecule has 1 N–H and O–H groups in total. The Morgan fingerprint density at radius 3 is 2.44 bits per heavy atom. The monoisotopic (exact) mass is 384 g/mol. The second-order valence-corrected chi connectivity index (χ2v) is 7.54. The Labute approximate surface area is 163 Å². The van der Waals surface area contributed by atoms with E-state index in [1.165, 1.54) is 11.3 Å². The van der Waals surface area contributed by atoms with E-state index >= 15 is 0 Å². The van der Waals surface area contributed by atoms with Crippen LogP contribution in [0.1, 0.15) is 46.4 Å². The lowest BCUT2D eigenvalue weighted by molar-refractivity contribution is -0.132. The highest BCUT2D eigenvalue weighted by Crippen LogP contribution is 2.22. The van der Waals surface area contributed by atoms with Crippen LogP contribution >= 0.6 is 11.3 Å². The van der Waals surface area contributed by atoms with Gasteiger partial charge in [-0.15, -0.1) is 0 Å². The molecule has 0 unspecified atom stereocenters. The maximum atomic E-state index is 12.5. The molecule has 2 aromatic rings. The molecule has 2 amide bonds. The van der Waals surface area contributed by atoms with E-state index in [1.807, 2.05) is 40.6 Å². The molecule has 1 fully saturated rings. The van der Waals surface area contributed by atoms with E-state index in [0.29, 0.717) is 50.9 Å². The van der Waals surface area contributed by atoms with Crippen molar-refractivity contribution in [1.29, 1.82) is 0 Å². The van der Waals surface area contributed by atoms with E-state index in [4.69, 9.17) is 0 Å². The fraction of sp³-hybridized carbons (Fsp3) is 0.381. The molecule has 27 heavy (non-hydrogen) atoms. The van der Waals surface area contributed by atoms with Gasteiger partial charge < -0.3 is 10.2 Å². The summed E-state index contributed by atoms with van der Waals surface area (Å²) < 4.78 is 0. The number of nitrogens with one attached hydrogen (secondary N) is 1. The Bertz CT molecular complexity index is 766. The Hall–Kier alpha value is -2.47.